The van der Waals surface area contributed by atoms with Gasteiger partial charge in [0.25, 0.3) is 0 Å². The number of hydrogen-bond donors (Lipinski definition) is 0. The van der Waals surface area contributed by atoms with Gasteiger partial charge in [-0.3, -0.25) is 0 Å². The third kappa shape index (κ3) is 3.94. The number of rotatable bonds is 4. The molecule has 0 N–H and O–H groups in total. The maximum Gasteiger partial charge on any atom is 0.229 e. The summed E-state index contributed by atoms with van der Waals surface area (Å²) in [5, 5.41) is 3.78. The molecule has 44 heavy (non-hydrogen) atoms. The molecule has 206 valence electrons. The number of furan rings is 2. The minimum atomic E-state index is 0.567. The van der Waals surface area contributed by atoms with Gasteiger partial charge in [-0.2, -0.15) is 0 Å². The quantitative estimate of drug-likeness (QED) is 0.209. The highest BCUT2D eigenvalue weighted by atomic mass is 16.3. The zero-order valence-corrected chi connectivity index (χ0v) is 23.2. The van der Waals surface area contributed by atoms with E-state index < -0.39 is 0 Å². The molecular weight excluding hydrogens is 546 g/mol. The topological polar surface area (TPSA) is 90.7 Å². The Morgan fingerprint density at radius 3 is 1.91 bits per heavy atom. The predicted octanol–water partition coefficient (Wildman–Crippen LogP) is 9.13. The molecule has 5 aromatic heterocycles. The Hall–Kier alpha value is -6.21. The summed E-state index contributed by atoms with van der Waals surface area (Å²) in [5.74, 6) is 1.80. The van der Waals surface area contributed by atoms with E-state index >= 15 is 0 Å². The second-order valence-electron chi connectivity index (χ2n) is 10.6. The Bertz CT molecular complexity index is 2440. The van der Waals surface area contributed by atoms with Crippen molar-refractivity contribution in [2.75, 3.05) is 0 Å². The molecule has 0 unspecified atom stereocenters. The van der Waals surface area contributed by atoms with E-state index in [0.717, 1.165) is 60.5 Å². The first-order chi connectivity index (χ1) is 21.8. The van der Waals surface area contributed by atoms with Crippen LogP contribution < -0.4 is 0 Å². The largest absolute Gasteiger partial charge is 0.456 e. The molecule has 4 aromatic carbocycles. The van der Waals surface area contributed by atoms with Crippen molar-refractivity contribution in [2.24, 2.45) is 0 Å². The van der Waals surface area contributed by atoms with Gasteiger partial charge in [-0.15, -0.1) is 0 Å². The number of benzene rings is 4. The summed E-state index contributed by atoms with van der Waals surface area (Å²) in [6.07, 6.45) is 3.55. The van der Waals surface area contributed by atoms with Crippen LogP contribution in [0.4, 0.5) is 0 Å². The first kappa shape index (κ1) is 24.4. The molecule has 9 rings (SSSR count). The summed E-state index contributed by atoms with van der Waals surface area (Å²) in [4.78, 5) is 23.8. The lowest BCUT2D eigenvalue weighted by Gasteiger charge is -2.09. The van der Waals surface area contributed by atoms with Gasteiger partial charge < -0.3 is 8.83 Å². The lowest BCUT2D eigenvalue weighted by molar-refractivity contribution is 0.640. The summed E-state index contributed by atoms with van der Waals surface area (Å²) in [6.45, 7) is 0. The van der Waals surface area contributed by atoms with Crippen LogP contribution in [0.5, 0.6) is 0 Å². The number of fused-ring (bicyclic) bond motifs is 6. The van der Waals surface area contributed by atoms with Crippen LogP contribution in [0.25, 0.3) is 89.4 Å². The molecule has 0 saturated carbocycles. The highest BCUT2D eigenvalue weighted by Gasteiger charge is 2.19. The number of hydrogen-bond acceptors (Lipinski definition) is 7. The molecule has 0 aliphatic rings. The summed E-state index contributed by atoms with van der Waals surface area (Å²) in [7, 11) is 0. The summed E-state index contributed by atoms with van der Waals surface area (Å²) >= 11 is 0. The highest BCUT2D eigenvalue weighted by Crippen LogP contribution is 2.39. The fraction of sp³-hybridized carbons (Fsp3) is 0. The van der Waals surface area contributed by atoms with Gasteiger partial charge in [-0.25, -0.2) is 24.9 Å². The average Bonchev–Trinajstić information content (AvgIpc) is 3.66. The number of nitrogens with zero attached hydrogens (tertiary/aromatic N) is 5. The van der Waals surface area contributed by atoms with E-state index in [1.54, 1.807) is 6.20 Å². The third-order valence-electron chi connectivity index (χ3n) is 7.87. The van der Waals surface area contributed by atoms with Gasteiger partial charge in [-0.05, 0) is 42.0 Å². The monoisotopic (exact) mass is 567 g/mol. The minimum Gasteiger partial charge on any atom is -0.456 e. The molecule has 0 bridgehead atoms. The van der Waals surface area contributed by atoms with Crippen molar-refractivity contribution in [1.82, 2.24) is 24.9 Å². The molecule has 7 nitrogen and oxygen atoms in total. The van der Waals surface area contributed by atoms with Gasteiger partial charge in [0, 0.05) is 50.8 Å². The Labute approximate surface area is 250 Å². The Morgan fingerprint density at radius 1 is 0.432 bits per heavy atom. The zero-order chi connectivity index (χ0) is 29.0. The Kier molecular flexibility index (Phi) is 5.36. The maximum absolute atomic E-state index is 6.34. The average molecular weight is 568 g/mol. The van der Waals surface area contributed by atoms with Crippen molar-refractivity contribution >= 4 is 44.1 Å². The van der Waals surface area contributed by atoms with Gasteiger partial charge >= 0.3 is 0 Å². The van der Waals surface area contributed by atoms with E-state index in [1.165, 1.54) is 0 Å². The maximum atomic E-state index is 6.34. The molecule has 9 aromatic rings. The van der Waals surface area contributed by atoms with Crippen LogP contribution in [0, 0.1) is 0 Å². The van der Waals surface area contributed by atoms with Crippen molar-refractivity contribution in [3.63, 3.8) is 0 Å². The van der Waals surface area contributed by atoms with Gasteiger partial charge in [0.1, 0.15) is 11.2 Å². The van der Waals surface area contributed by atoms with Crippen molar-refractivity contribution in [3.8, 4) is 45.3 Å². The lowest BCUT2D eigenvalue weighted by Crippen LogP contribution is -2.00. The van der Waals surface area contributed by atoms with Crippen LogP contribution in [0.1, 0.15) is 0 Å². The van der Waals surface area contributed by atoms with Gasteiger partial charge in [0.05, 0.1) is 5.39 Å². The van der Waals surface area contributed by atoms with Crippen LogP contribution in [0.2, 0.25) is 0 Å². The Balaban J connectivity index is 1.25. The fourth-order valence-electron chi connectivity index (χ4n) is 5.77. The second-order valence-corrected chi connectivity index (χ2v) is 10.6. The third-order valence-corrected chi connectivity index (χ3v) is 7.87. The standard InChI is InChI=1S/C37H21N5O2/c1-3-9-22(10-4-1)33-40-34(23-11-5-2-6-12-23)42-35(41-33)27-13-7-15-31-32(27)29-19-24(16-17-30(29)43-31)25-20-28-26-14-8-18-38-36(26)44-37(28)39-21-25/h1-21H. The van der Waals surface area contributed by atoms with Crippen LogP contribution in [0.15, 0.2) is 136 Å². The molecule has 0 saturated heterocycles. The van der Waals surface area contributed by atoms with Gasteiger partial charge in [0.2, 0.25) is 11.4 Å². The van der Waals surface area contributed by atoms with Crippen LogP contribution in [-0.4, -0.2) is 24.9 Å². The van der Waals surface area contributed by atoms with E-state index in [-0.39, 0.29) is 0 Å². The van der Waals surface area contributed by atoms with Crippen LogP contribution in [-0.2, 0) is 0 Å². The Morgan fingerprint density at radius 2 is 1.14 bits per heavy atom. The molecule has 0 atom stereocenters. The summed E-state index contributed by atoms with van der Waals surface area (Å²) in [5.41, 5.74) is 7.38. The molecule has 0 radical (unpaired) electrons. The number of pyridine rings is 2. The van der Waals surface area contributed by atoms with Gasteiger partial charge in [-0.1, -0.05) is 78.9 Å². The van der Waals surface area contributed by atoms with Crippen LogP contribution in [0.3, 0.4) is 0 Å². The molecule has 0 fully saturated rings. The fourth-order valence-corrected chi connectivity index (χ4v) is 5.77. The number of aromatic nitrogens is 5. The SMILES string of the molecule is c1ccc(-c2nc(-c3ccccc3)nc(-c3cccc4oc5ccc(-c6cnc7oc8ncccc8c7c6)cc5c34)n2)cc1. The van der Waals surface area contributed by atoms with E-state index in [0.29, 0.717) is 28.9 Å². The lowest BCUT2D eigenvalue weighted by atomic mass is 10.0. The van der Waals surface area contributed by atoms with Gasteiger partial charge in [0.15, 0.2) is 17.5 Å². The van der Waals surface area contributed by atoms with E-state index in [4.69, 9.17) is 23.8 Å². The van der Waals surface area contributed by atoms with Crippen molar-refractivity contribution in [2.45, 2.75) is 0 Å². The first-order valence-corrected chi connectivity index (χ1v) is 14.2. The zero-order valence-electron chi connectivity index (χ0n) is 23.2. The van der Waals surface area contributed by atoms with E-state index in [9.17, 15) is 0 Å². The summed E-state index contributed by atoms with van der Waals surface area (Å²) in [6, 6.07) is 38.2. The molecule has 0 aliphatic carbocycles. The molecule has 7 heteroatoms. The predicted molar refractivity (Wildman–Crippen MR) is 172 cm³/mol. The van der Waals surface area contributed by atoms with E-state index in [2.05, 4.69) is 28.2 Å². The first-order valence-electron chi connectivity index (χ1n) is 14.2. The molecule has 5 heterocycles. The second kappa shape index (κ2) is 9.68. The molecule has 0 aliphatic heterocycles. The van der Waals surface area contributed by atoms with Crippen LogP contribution >= 0.6 is 0 Å². The van der Waals surface area contributed by atoms with Crippen molar-refractivity contribution in [3.05, 3.63) is 128 Å². The minimum absolute atomic E-state index is 0.567. The highest BCUT2D eigenvalue weighted by molar-refractivity contribution is 6.13. The summed E-state index contributed by atoms with van der Waals surface area (Å²) < 4.78 is 12.2. The molecule has 0 spiro atoms. The molecule has 0 amide bonds. The smallest absolute Gasteiger partial charge is 0.229 e. The van der Waals surface area contributed by atoms with E-state index in [1.807, 2.05) is 103 Å². The van der Waals surface area contributed by atoms with Crippen molar-refractivity contribution < 1.29 is 8.83 Å². The molecular formula is C37H21N5O2. The normalized spacial score (nSPS) is 11.6. The van der Waals surface area contributed by atoms with Crippen molar-refractivity contribution in [1.29, 1.82) is 0 Å².